The molecule has 8 heteroatoms. The Morgan fingerprint density at radius 3 is 2.21 bits per heavy atom. The number of benzene rings is 1. The summed E-state index contributed by atoms with van der Waals surface area (Å²) in [5.41, 5.74) is -2.51. The molecule has 0 aliphatic heterocycles. The predicted molar refractivity (Wildman–Crippen MR) is 92.3 cm³/mol. The minimum atomic E-state index is -1.58. The summed E-state index contributed by atoms with van der Waals surface area (Å²) in [6, 6.07) is 3.21. The Hall–Kier alpha value is -1.22. The van der Waals surface area contributed by atoms with Gasteiger partial charge in [0, 0.05) is 34.5 Å². The van der Waals surface area contributed by atoms with Crippen LogP contribution in [0.5, 0.6) is 0 Å². The highest BCUT2D eigenvalue weighted by atomic mass is 32.2. The van der Waals surface area contributed by atoms with Crippen molar-refractivity contribution in [2.75, 3.05) is 6.61 Å². The quantitative estimate of drug-likeness (QED) is 0.461. The fourth-order valence-electron chi connectivity index (χ4n) is 2.06. The summed E-state index contributed by atoms with van der Waals surface area (Å²) in [5, 5.41) is 20.8. The van der Waals surface area contributed by atoms with Crippen LogP contribution in [0.3, 0.4) is 0 Å². The monoisotopic (exact) mass is 360 g/mol. The van der Waals surface area contributed by atoms with Gasteiger partial charge in [0.05, 0.1) is 17.1 Å². The SMILES string of the molecule is CC(C)(C)[S+]([O-])N[C@](C)(c1cc([N+](=O)[O-])ccc1F)C(C)(C)CO. The first-order valence-corrected chi connectivity index (χ1v) is 8.66. The number of rotatable bonds is 6. The molecule has 1 unspecified atom stereocenters. The largest absolute Gasteiger partial charge is 0.598 e. The van der Waals surface area contributed by atoms with Crippen LogP contribution in [0.25, 0.3) is 0 Å². The molecule has 1 aromatic carbocycles. The third kappa shape index (κ3) is 4.05. The summed E-state index contributed by atoms with van der Waals surface area (Å²) < 4.78 is 29.4. The molecule has 0 amide bonds. The highest BCUT2D eigenvalue weighted by Gasteiger charge is 2.49. The van der Waals surface area contributed by atoms with Crippen molar-refractivity contribution < 1.29 is 19.0 Å². The summed E-state index contributed by atoms with van der Waals surface area (Å²) in [4.78, 5) is 10.4. The normalized spacial score (nSPS) is 16.5. The first-order valence-electron chi connectivity index (χ1n) is 7.51. The number of hydrogen-bond donors (Lipinski definition) is 2. The lowest BCUT2D eigenvalue weighted by molar-refractivity contribution is -0.385. The highest BCUT2D eigenvalue weighted by molar-refractivity contribution is 7.90. The topological polar surface area (TPSA) is 98.5 Å². The molecule has 0 saturated carbocycles. The van der Waals surface area contributed by atoms with Gasteiger partial charge in [-0.3, -0.25) is 10.1 Å². The molecule has 0 spiro atoms. The van der Waals surface area contributed by atoms with E-state index >= 15 is 0 Å². The smallest absolute Gasteiger partial charge is 0.269 e. The van der Waals surface area contributed by atoms with Gasteiger partial charge in [-0.25, -0.2) is 4.39 Å². The summed E-state index contributed by atoms with van der Waals surface area (Å²) in [6.07, 6.45) is 0. The van der Waals surface area contributed by atoms with Crippen molar-refractivity contribution in [2.24, 2.45) is 5.41 Å². The van der Waals surface area contributed by atoms with Crippen molar-refractivity contribution in [1.29, 1.82) is 0 Å². The van der Waals surface area contributed by atoms with Crippen molar-refractivity contribution in [2.45, 2.75) is 51.8 Å². The molecule has 6 nitrogen and oxygen atoms in total. The zero-order valence-corrected chi connectivity index (χ0v) is 15.7. The van der Waals surface area contributed by atoms with E-state index in [2.05, 4.69) is 4.72 Å². The van der Waals surface area contributed by atoms with Crippen LogP contribution in [0, 0.1) is 21.3 Å². The van der Waals surface area contributed by atoms with Crippen molar-refractivity contribution >= 4 is 17.0 Å². The van der Waals surface area contributed by atoms with Crippen LogP contribution in [0.1, 0.15) is 47.1 Å². The lowest BCUT2D eigenvalue weighted by Gasteiger charge is -2.44. The van der Waals surface area contributed by atoms with Crippen molar-refractivity contribution in [1.82, 2.24) is 4.72 Å². The van der Waals surface area contributed by atoms with Gasteiger partial charge in [0.2, 0.25) is 0 Å². The minimum absolute atomic E-state index is 0.00616. The number of nitro benzene ring substituents is 1. The number of non-ortho nitro benzene ring substituents is 1. The van der Waals surface area contributed by atoms with Crippen LogP contribution in [0.2, 0.25) is 0 Å². The van der Waals surface area contributed by atoms with Crippen molar-refractivity contribution in [3.63, 3.8) is 0 Å². The minimum Gasteiger partial charge on any atom is -0.598 e. The molecule has 1 aromatic rings. The van der Waals surface area contributed by atoms with E-state index in [1.165, 1.54) is 0 Å². The Labute approximate surface area is 144 Å². The molecular weight excluding hydrogens is 335 g/mol. The first kappa shape index (κ1) is 20.8. The molecule has 0 heterocycles. The second-order valence-electron chi connectivity index (χ2n) is 7.57. The van der Waals surface area contributed by atoms with E-state index in [-0.39, 0.29) is 17.9 Å². The molecule has 0 aliphatic carbocycles. The van der Waals surface area contributed by atoms with Crippen molar-refractivity contribution in [3.8, 4) is 0 Å². The zero-order valence-electron chi connectivity index (χ0n) is 14.8. The second kappa shape index (κ2) is 6.95. The van der Waals surface area contributed by atoms with Crippen LogP contribution >= 0.6 is 0 Å². The van der Waals surface area contributed by atoms with Crippen LogP contribution in [-0.2, 0) is 16.9 Å². The van der Waals surface area contributed by atoms with E-state index in [1.54, 1.807) is 41.5 Å². The number of aliphatic hydroxyl groups excluding tert-OH is 1. The predicted octanol–water partition coefficient (Wildman–Crippen LogP) is 3.02. The van der Waals surface area contributed by atoms with Crippen LogP contribution in [-0.4, -0.2) is 25.9 Å². The summed E-state index contributed by atoms with van der Waals surface area (Å²) in [5.74, 6) is -0.664. The number of nitrogens with zero attached hydrogens (tertiary/aromatic N) is 1. The van der Waals surface area contributed by atoms with Crippen LogP contribution in [0.15, 0.2) is 18.2 Å². The van der Waals surface area contributed by atoms with Gasteiger partial charge >= 0.3 is 0 Å². The van der Waals surface area contributed by atoms with Crippen molar-refractivity contribution in [3.05, 3.63) is 39.7 Å². The Balaban J connectivity index is 3.55. The van der Waals surface area contributed by atoms with Crippen LogP contribution < -0.4 is 4.72 Å². The number of halogens is 1. The third-order valence-corrected chi connectivity index (χ3v) is 6.01. The molecule has 0 aromatic heterocycles. The van der Waals surface area contributed by atoms with Gasteiger partial charge in [-0.05, 0) is 33.8 Å². The average molecular weight is 360 g/mol. The van der Waals surface area contributed by atoms with Gasteiger partial charge in [0.15, 0.2) is 0 Å². The fourth-order valence-corrected chi connectivity index (χ4v) is 3.13. The summed E-state index contributed by atoms with van der Waals surface area (Å²) in [6.45, 7) is 9.88. The maximum atomic E-state index is 14.5. The molecule has 24 heavy (non-hydrogen) atoms. The molecule has 0 radical (unpaired) electrons. The molecular formula is C16H25FN2O4S. The average Bonchev–Trinajstić information content (AvgIpc) is 2.45. The Bertz CT molecular complexity index is 619. The number of hydrogen-bond acceptors (Lipinski definition) is 5. The molecule has 2 atom stereocenters. The lowest BCUT2D eigenvalue weighted by atomic mass is 9.70. The molecule has 0 fully saturated rings. The third-order valence-electron chi connectivity index (χ3n) is 4.30. The molecule has 0 aliphatic rings. The standard InChI is InChI=1S/C16H25FN2O4S/c1-14(2,3)24(23)18-16(6,15(4,5)10-20)12-9-11(19(21)22)7-8-13(12)17/h7-9,18,20H,10H2,1-6H3/t16-,24?/m1/s1. The van der Waals surface area contributed by atoms with Gasteiger partial charge in [0.1, 0.15) is 10.6 Å². The summed E-state index contributed by atoms with van der Waals surface area (Å²) >= 11 is -1.58. The zero-order chi connectivity index (χ0) is 18.9. The van der Waals surface area contributed by atoms with E-state index in [9.17, 15) is 24.2 Å². The van der Waals surface area contributed by atoms with E-state index in [0.717, 1.165) is 18.2 Å². The van der Waals surface area contributed by atoms with E-state index in [4.69, 9.17) is 0 Å². The van der Waals surface area contributed by atoms with Gasteiger partial charge in [-0.15, -0.1) is 4.72 Å². The summed E-state index contributed by atoms with van der Waals surface area (Å²) in [7, 11) is 0. The van der Waals surface area contributed by atoms with Gasteiger partial charge in [-0.2, -0.15) is 0 Å². The highest BCUT2D eigenvalue weighted by Crippen LogP contribution is 2.42. The maximum Gasteiger partial charge on any atom is 0.269 e. The Morgan fingerprint density at radius 1 is 1.25 bits per heavy atom. The number of nitro groups is 1. The Kier molecular flexibility index (Phi) is 6.03. The van der Waals surface area contributed by atoms with Gasteiger partial charge in [0.25, 0.3) is 5.69 Å². The van der Waals surface area contributed by atoms with Crippen LogP contribution in [0.4, 0.5) is 10.1 Å². The van der Waals surface area contributed by atoms with Gasteiger partial charge < -0.3 is 9.66 Å². The van der Waals surface area contributed by atoms with E-state index < -0.39 is 37.8 Å². The molecule has 0 saturated heterocycles. The fraction of sp³-hybridized carbons (Fsp3) is 0.625. The molecule has 0 bridgehead atoms. The van der Waals surface area contributed by atoms with Gasteiger partial charge in [-0.1, -0.05) is 13.8 Å². The molecule has 136 valence electrons. The first-order chi connectivity index (χ1) is 10.8. The molecule has 2 N–H and O–H groups in total. The van der Waals surface area contributed by atoms with E-state index in [0.29, 0.717) is 0 Å². The maximum absolute atomic E-state index is 14.5. The molecule has 1 rings (SSSR count). The number of aliphatic hydroxyl groups is 1. The second-order valence-corrected chi connectivity index (χ2v) is 9.54. The number of nitrogens with one attached hydrogen (secondary N) is 1. The van der Waals surface area contributed by atoms with E-state index in [1.807, 2.05) is 0 Å². The Morgan fingerprint density at radius 2 is 1.79 bits per heavy atom. The lowest BCUT2D eigenvalue weighted by Crippen LogP contribution is -2.58.